The number of terminal acetylenes is 1. The van der Waals surface area contributed by atoms with Crippen molar-refractivity contribution in [2.75, 3.05) is 6.61 Å². The van der Waals surface area contributed by atoms with E-state index in [2.05, 4.69) is 5.92 Å². The average Bonchev–Trinajstić information content (AvgIpc) is 3.10. The van der Waals surface area contributed by atoms with Crippen molar-refractivity contribution in [1.82, 2.24) is 0 Å². The summed E-state index contributed by atoms with van der Waals surface area (Å²) >= 11 is 0. The molecule has 238 valence electrons. The molecular weight excluding hydrogens is 580 g/mol. The minimum Gasteiger partial charge on any atom is -0.433 e. The van der Waals surface area contributed by atoms with Gasteiger partial charge in [0.05, 0.1) is 39.5 Å². The highest BCUT2D eigenvalue weighted by Crippen LogP contribution is 2.32. The Hall–Kier alpha value is -4.29. The number of benzene rings is 4. The van der Waals surface area contributed by atoms with Gasteiger partial charge in [0.1, 0.15) is 24.4 Å². The number of rotatable bonds is 16. The molecule has 1 aliphatic rings. The average molecular weight is 621 g/mol. The summed E-state index contributed by atoms with van der Waals surface area (Å²) in [5.74, 6) is 2.01. The van der Waals surface area contributed by atoms with Crippen LogP contribution in [0.3, 0.4) is 0 Å². The van der Waals surface area contributed by atoms with E-state index in [4.69, 9.17) is 34.8 Å². The molecule has 7 heteroatoms. The van der Waals surface area contributed by atoms with E-state index in [1.165, 1.54) is 0 Å². The number of esters is 1. The van der Waals surface area contributed by atoms with Crippen molar-refractivity contribution in [1.29, 1.82) is 0 Å². The molecule has 0 saturated carbocycles. The molecule has 0 radical (unpaired) electrons. The summed E-state index contributed by atoms with van der Waals surface area (Å²) in [6.07, 6.45) is 1.88. The van der Waals surface area contributed by atoms with E-state index < -0.39 is 36.7 Å². The minimum absolute atomic E-state index is 0.0560. The van der Waals surface area contributed by atoms with Gasteiger partial charge in [-0.3, -0.25) is 4.79 Å². The van der Waals surface area contributed by atoms with Crippen molar-refractivity contribution < 1.29 is 33.2 Å². The van der Waals surface area contributed by atoms with Crippen LogP contribution in [0.5, 0.6) is 0 Å². The number of hydrogen-bond acceptors (Lipinski definition) is 7. The minimum atomic E-state index is -1.09. The number of carbonyl (C=O) groups excluding carboxylic acids is 1. The summed E-state index contributed by atoms with van der Waals surface area (Å²) in [6, 6.07) is 39.5. The molecule has 5 atom stereocenters. The number of ether oxygens (including phenoxy) is 6. The third-order valence-corrected chi connectivity index (χ3v) is 7.56. The van der Waals surface area contributed by atoms with Gasteiger partial charge < -0.3 is 28.4 Å². The summed E-state index contributed by atoms with van der Waals surface area (Å²) in [6.45, 7) is 1.40. The van der Waals surface area contributed by atoms with Gasteiger partial charge in [-0.2, -0.15) is 0 Å². The molecule has 0 unspecified atom stereocenters. The molecule has 0 N–H and O–H groups in total. The predicted molar refractivity (Wildman–Crippen MR) is 174 cm³/mol. The predicted octanol–water partition coefficient (Wildman–Crippen LogP) is 6.64. The standard InChI is InChI=1S/C39H40O7/c1-2-3-24-35(40)46-39-38(44-28-33-22-14-7-15-23-33)37(43-27-32-20-12-6-13-21-32)36(42-26-31-18-10-5-11-19-31)34(45-39)29-41-25-30-16-8-4-9-17-30/h1,4-23,34,36-39H,3,24-29H2/t34-,36-,37+,38-,39+/m1/s1. The summed E-state index contributed by atoms with van der Waals surface area (Å²) in [5.41, 5.74) is 3.96. The van der Waals surface area contributed by atoms with E-state index in [0.29, 0.717) is 13.2 Å². The highest BCUT2D eigenvalue weighted by molar-refractivity contribution is 5.69. The van der Waals surface area contributed by atoms with E-state index in [0.717, 1.165) is 22.3 Å². The Morgan fingerprint density at radius 3 is 1.52 bits per heavy atom. The molecule has 0 bridgehead atoms. The van der Waals surface area contributed by atoms with E-state index in [1.54, 1.807) is 0 Å². The lowest BCUT2D eigenvalue weighted by Crippen LogP contribution is -2.62. The molecule has 0 amide bonds. The first-order chi connectivity index (χ1) is 22.7. The third kappa shape index (κ3) is 10.1. The fourth-order valence-corrected chi connectivity index (χ4v) is 5.20. The molecule has 7 nitrogen and oxygen atoms in total. The molecule has 4 aromatic carbocycles. The van der Waals surface area contributed by atoms with E-state index in [-0.39, 0.29) is 32.7 Å². The van der Waals surface area contributed by atoms with E-state index in [9.17, 15) is 4.79 Å². The summed E-state index contributed by atoms with van der Waals surface area (Å²) in [7, 11) is 0. The van der Waals surface area contributed by atoms with Gasteiger partial charge >= 0.3 is 5.97 Å². The fourth-order valence-electron chi connectivity index (χ4n) is 5.20. The zero-order valence-electron chi connectivity index (χ0n) is 25.8. The summed E-state index contributed by atoms with van der Waals surface area (Å²) < 4.78 is 38.3. The van der Waals surface area contributed by atoms with Gasteiger partial charge in [0, 0.05) is 6.42 Å². The van der Waals surface area contributed by atoms with Crippen LogP contribution in [0.1, 0.15) is 35.1 Å². The SMILES string of the molecule is C#CCCC(=O)O[C@@H]1O[C@H](COCc2ccccc2)[C@@H](OCc2ccccc2)[C@H](OCc2ccccc2)[C@H]1OCc1ccccc1. The molecule has 0 aromatic heterocycles. The molecule has 1 aliphatic heterocycles. The van der Waals surface area contributed by atoms with E-state index in [1.807, 2.05) is 121 Å². The Morgan fingerprint density at radius 1 is 0.609 bits per heavy atom. The number of carbonyl (C=O) groups is 1. The first-order valence-corrected chi connectivity index (χ1v) is 15.6. The molecule has 1 fully saturated rings. The summed E-state index contributed by atoms with van der Waals surface area (Å²) in [4.78, 5) is 12.9. The lowest BCUT2D eigenvalue weighted by molar-refractivity contribution is -0.320. The van der Waals surface area contributed by atoms with Gasteiger partial charge in [0.15, 0.2) is 0 Å². The quantitative estimate of drug-likeness (QED) is 0.103. The highest BCUT2D eigenvalue weighted by atomic mass is 16.7. The Kier molecular flexibility index (Phi) is 12.9. The van der Waals surface area contributed by atoms with Gasteiger partial charge in [0.25, 0.3) is 0 Å². The molecule has 1 saturated heterocycles. The van der Waals surface area contributed by atoms with Crippen LogP contribution < -0.4 is 0 Å². The monoisotopic (exact) mass is 620 g/mol. The number of hydrogen-bond donors (Lipinski definition) is 0. The second kappa shape index (κ2) is 18.0. The zero-order valence-corrected chi connectivity index (χ0v) is 25.8. The lowest BCUT2D eigenvalue weighted by atomic mass is 9.97. The second-order valence-electron chi connectivity index (χ2n) is 11.0. The molecule has 0 spiro atoms. The van der Waals surface area contributed by atoms with E-state index >= 15 is 0 Å². The van der Waals surface area contributed by atoms with Gasteiger partial charge in [-0.05, 0) is 22.3 Å². The van der Waals surface area contributed by atoms with Crippen molar-refractivity contribution >= 4 is 5.97 Å². The molecular formula is C39H40O7. The topological polar surface area (TPSA) is 72.5 Å². The first-order valence-electron chi connectivity index (χ1n) is 15.6. The maximum atomic E-state index is 12.9. The van der Waals surface area contributed by atoms with Gasteiger partial charge in [-0.25, -0.2) is 0 Å². The lowest BCUT2D eigenvalue weighted by Gasteiger charge is -2.45. The van der Waals surface area contributed by atoms with Crippen LogP contribution in [-0.4, -0.2) is 43.3 Å². The van der Waals surface area contributed by atoms with Gasteiger partial charge in [-0.1, -0.05) is 121 Å². The smallest absolute Gasteiger partial charge is 0.309 e. The van der Waals surface area contributed by atoms with Gasteiger partial charge in [0.2, 0.25) is 6.29 Å². The van der Waals surface area contributed by atoms with Crippen molar-refractivity contribution in [2.24, 2.45) is 0 Å². The maximum absolute atomic E-state index is 12.9. The van der Waals surface area contributed by atoms with Crippen LogP contribution >= 0.6 is 0 Å². The van der Waals surface area contributed by atoms with Gasteiger partial charge in [-0.15, -0.1) is 12.3 Å². The fraction of sp³-hybridized carbons (Fsp3) is 0.308. The highest BCUT2D eigenvalue weighted by Gasteiger charge is 2.50. The normalized spacial score (nSPS) is 20.9. The van der Waals surface area contributed by atoms with Crippen LogP contribution in [-0.2, 0) is 59.6 Å². The maximum Gasteiger partial charge on any atom is 0.309 e. The molecule has 5 rings (SSSR count). The van der Waals surface area contributed by atoms with Crippen LogP contribution in [0.15, 0.2) is 121 Å². The molecule has 0 aliphatic carbocycles. The first kappa shape index (κ1) is 33.1. The van der Waals surface area contributed by atoms with Crippen LogP contribution in [0.4, 0.5) is 0 Å². The third-order valence-electron chi connectivity index (χ3n) is 7.56. The summed E-state index contributed by atoms with van der Waals surface area (Å²) in [5, 5.41) is 0. The second-order valence-corrected chi connectivity index (χ2v) is 11.0. The molecule has 4 aromatic rings. The van der Waals surface area contributed by atoms with Crippen molar-refractivity contribution in [3.8, 4) is 12.3 Å². The molecule has 1 heterocycles. The van der Waals surface area contributed by atoms with Crippen LogP contribution in [0.2, 0.25) is 0 Å². The zero-order chi connectivity index (χ0) is 31.8. The van der Waals surface area contributed by atoms with Crippen LogP contribution in [0, 0.1) is 12.3 Å². The Balaban J connectivity index is 1.44. The van der Waals surface area contributed by atoms with Crippen molar-refractivity contribution in [3.05, 3.63) is 144 Å². The Bertz CT molecular complexity index is 1470. The Morgan fingerprint density at radius 2 is 1.04 bits per heavy atom. The molecule has 46 heavy (non-hydrogen) atoms. The van der Waals surface area contributed by atoms with Crippen molar-refractivity contribution in [3.63, 3.8) is 0 Å². The Labute approximate surface area is 271 Å². The largest absolute Gasteiger partial charge is 0.433 e. The van der Waals surface area contributed by atoms with Crippen molar-refractivity contribution in [2.45, 2.75) is 70.0 Å². The van der Waals surface area contributed by atoms with Crippen LogP contribution in [0.25, 0.3) is 0 Å².